The second-order valence-corrected chi connectivity index (χ2v) is 7.11. The van der Waals surface area contributed by atoms with Gasteiger partial charge in [0.1, 0.15) is 5.75 Å². The SMILES string of the molecule is CCC1CCCN(Cc2ccc(OC)cc2)S1(=O)=O. The molecule has 1 aliphatic heterocycles. The van der Waals surface area contributed by atoms with E-state index in [9.17, 15) is 8.42 Å². The van der Waals surface area contributed by atoms with E-state index in [1.54, 1.807) is 11.4 Å². The fraction of sp³-hybridized carbons (Fsp3) is 0.571. The molecule has 0 N–H and O–H groups in total. The van der Waals surface area contributed by atoms with Crippen LogP contribution in [0.2, 0.25) is 0 Å². The Morgan fingerprint density at radius 1 is 1.32 bits per heavy atom. The van der Waals surface area contributed by atoms with E-state index in [0.717, 1.165) is 24.2 Å². The zero-order chi connectivity index (χ0) is 13.9. The van der Waals surface area contributed by atoms with Crippen LogP contribution in [0.25, 0.3) is 0 Å². The highest BCUT2D eigenvalue weighted by molar-refractivity contribution is 7.89. The van der Waals surface area contributed by atoms with Crippen LogP contribution in [0, 0.1) is 0 Å². The van der Waals surface area contributed by atoms with Crippen molar-refractivity contribution >= 4 is 10.0 Å². The molecule has 1 unspecified atom stereocenters. The van der Waals surface area contributed by atoms with Crippen LogP contribution in [0.15, 0.2) is 24.3 Å². The van der Waals surface area contributed by atoms with E-state index < -0.39 is 10.0 Å². The van der Waals surface area contributed by atoms with Crippen LogP contribution in [0.1, 0.15) is 31.7 Å². The monoisotopic (exact) mass is 283 g/mol. The molecule has 0 aromatic heterocycles. The van der Waals surface area contributed by atoms with Gasteiger partial charge in [0.15, 0.2) is 0 Å². The topological polar surface area (TPSA) is 46.6 Å². The van der Waals surface area contributed by atoms with Crippen LogP contribution in [0.4, 0.5) is 0 Å². The Balaban J connectivity index is 2.12. The lowest BCUT2D eigenvalue weighted by Gasteiger charge is -2.31. The molecular formula is C14H21NO3S. The fourth-order valence-corrected chi connectivity index (χ4v) is 4.52. The predicted octanol–water partition coefficient (Wildman–Crippen LogP) is 2.40. The molecule has 0 radical (unpaired) electrons. The van der Waals surface area contributed by atoms with E-state index in [1.165, 1.54) is 0 Å². The Morgan fingerprint density at radius 3 is 2.58 bits per heavy atom. The standard InChI is InChI=1S/C14H21NO3S/c1-3-14-5-4-10-15(19(14,16)17)11-12-6-8-13(18-2)9-7-12/h6-9,14H,3-5,10-11H2,1-2H3. The van der Waals surface area contributed by atoms with Gasteiger partial charge in [0, 0.05) is 13.1 Å². The molecule has 0 amide bonds. The van der Waals surface area contributed by atoms with Gasteiger partial charge >= 0.3 is 0 Å². The van der Waals surface area contributed by atoms with Crippen LogP contribution in [-0.2, 0) is 16.6 Å². The average Bonchev–Trinajstić information content (AvgIpc) is 2.41. The molecule has 0 bridgehead atoms. The van der Waals surface area contributed by atoms with E-state index in [4.69, 9.17) is 4.74 Å². The molecule has 4 nitrogen and oxygen atoms in total. The van der Waals surface area contributed by atoms with Gasteiger partial charge in [-0.2, -0.15) is 4.31 Å². The molecule has 1 aromatic carbocycles. The molecule has 1 aromatic rings. The Hall–Kier alpha value is -1.07. The zero-order valence-corrected chi connectivity index (χ0v) is 12.3. The Labute approximate surface area is 115 Å². The van der Waals surface area contributed by atoms with Gasteiger partial charge in [0.05, 0.1) is 12.4 Å². The van der Waals surface area contributed by atoms with Crippen molar-refractivity contribution in [3.8, 4) is 5.75 Å². The lowest BCUT2D eigenvalue weighted by Crippen LogP contribution is -2.42. The second kappa shape index (κ2) is 5.92. The highest BCUT2D eigenvalue weighted by atomic mass is 32.2. The summed E-state index contributed by atoms with van der Waals surface area (Å²) >= 11 is 0. The molecule has 1 atom stereocenters. The number of nitrogens with zero attached hydrogens (tertiary/aromatic N) is 1. The molecule has 2 rings (SSSR count). The smallest absolute Gasteiger partial charge is 0.217 e. The molecule has 5 heteroatoms. The van der Waals surface area contributed by atoms with Crippen molar-refractivity contribution < 1.29 is 13.2 Å². The summed E-state index contributed by atoms with van der Waals surface area (Å²) in [6.45, 7) is 3.03. The first-order valence-electron chi connectivity index (χ1n) is 6.69. The highest BCUT2D eigenvalue weighted by Gasteiger charge is 2.34. The largest absolute Gasteiger partial charge is 0.497 e. The normalized spacial score (nSPS) is 23.2. The number of hydrogen-bond acceptors (Lipinski definition) is 3. The molecule has 0 spiro atoms. The predicted molar refractivity (Wildman–Crippen MR) is 75.6 cm³/mol. The Bertz CT molecular complexity index is 510. The van der Waals surface area contributed by atoms with E-state index in [0.29, 0.717) is 19.5 Å². The summed E-state index contributed by atoms with van der Waals surface area (Å²) in [6.07, 6.45) is 2.44. The summed E-state index contributed by atoms with van der Waals surface area (Å²) < 4.78 is 31.5. The first kappa shape index (κ1) is 14.3. The van der Waals surface area contributed by atoms with Gasteiger partial charge in [0.25, 0.3) is 0 Å². The summed E-state index contributed by atoms with van der Waals surface area (Å²) in [5.74, 6) is 0.789. The maximum atomic E-state index is 12.4. The van der Waals surface area contributed by atoms with E-state index in [2.05, 4.69) is 0 Å². The van der Waals surface area contributed by atoms with Crippen molar-refractivity contribution in [3.05, 3.63) is 29.8 Å². The first-order chi connectivity index (χ1) is 9.07. The van der Waals surface area contributed by atoms with Gasteiger partial charge in [-0.05, 0) is 37.0 Å². The van der Waals surface area contributed by atoms with Gasteiger partial charge in [-0.3, -0.25) is 0 Å². The van der Waals surface area contributed by atoms with Crippen molar-refractivity contribution in [2.75, 3.05) is 13.7 Å². The number of hydrogen-bond donors (Lipinski definition) is 0. The van der Waals surface area contributed by atoms with Crippen LogP contribution >= 0.6 is 0 Å². The third kappa shape index (κ3) is 3.09. The third-order valence-electron chi connectivity index (χ3n) is 3.69. The van der Waals surface area contributed by atoms with Crippen LogP contribution in [0.3, 0.4) is 0 Å². The lowest BCUT2D eigenvalue weighted by atomic mass is 10.2. The maximum absolute atomic E-state index is 12.4. The fourth-order valence-electron chi connectivity index (χ4n) is 2.50. The second-order valence-electron chi connectivity index (χ2n) is 4.90. The summed E-state index contributed by atoms with van der Waals surface area (Å²) in [6, 6.07) is 7.57. The van der Waals surface area contributed by atoms with Gasteiger partial charge < -0.3 is 4.74 Å². The minimum atomic E-state index is -3.13. The molecule has 1 aliphatic rings. The number of methoxy groups -OCH3 is 1. The summed E-state index contributed by atoms with van der Waals surface area (Å²) in [5, 5.41) is -0.209. The molecule has 1 fully saturated rings. The maximum Gasteiger partial charge on any atom is 0.217 e. The minimum absolute atomic E-state index is 0.209. The van der Waals surface area contributed by atoms with Crippen molar-refractivity contribution in [2.24, 2.45) is 0 Å². The van der Waals surface area contributed by atoms with Gasteiger partial charge in [-0.15, -0.1) is 0 Å². The van der Waals surface area contributed by atoms with Crippen LogP contribution in [0.5, 0.6) is 5.75 Å². The minimum Gasteiger partial charge on any atom is -0.497 e. The average molecular weight is 283 g/mol. The number of ether oxygens (including phenoxy) is 1. The molecule has 1 saturated heterocycles. The molecule has 1 heterocycles. The summed E-state index contributed by atoms with van der Waals surface area (Å²) in [4.78, 5) is 0. The third-order valence-corrected chi connectivity index (χ3v) is 6.13. The van der Waals surface area contributed by atoms with E-state index >= 15 is 0 Å². The van der Waals surface area contributed by atoms with Crippen LogP contribution < -0.4 is 4.74 Å². The van der Waals surface area contributed by atoms with Crippen molar-refractivity contribution in [2.45, 2.75) is 38.0 Å². The highest BCUT2D eigenvalue weighted by Crippen LogP contribution is 2.25. The molecule has 19 heavy (non-hydrogen) atoms. The van der Waals surface area contributed by atoms with Crippen molar-refractivity contribution in [1.29, 1.82) is 0 Å². The van der Waals surface area contributed by atoms with Crippen molar-refractivity contribution in [3.63, 3.8) is 0 Å². The van der Waals surface area contributed by atoms with E-state index in [1.807, 2.05) is 31.2 Å². The van der Waals surface area contributed by atoms with Crippen LogP contribution in [-0.4, -0.2) is 31.6 Å². The summed E-state index contributed by atoms with van der Waals surface area (Å²) in [5.41, 5.74) is 1.00. The van der Waals surface area contributed by atoms with Gasteiger partial charge in [-0.25, -0.2) is 8.42 Å². The first-order valence-corrected chi connectivity index (χ1v) is 8.20. The number of sulfonamides is 1. The Kier molecular flexibility index (Phi) is 4.47. The molecule has 106 valence electrons. The van der Waals surface area contributed by atoms with E-state index in [-0.39, 0.29) is 5.25 Å². The lowest BCUT2D eigenvalue weighted by molar-refractivity contribution is 0.356. The number of rotatable bonds is 4. The van der Waals surface area contributed by atoms with Gasteiger partial charge in [0.2, 0.25) is 10.0 Å². The molecular weight excluding hydrogens is 262 g/mol. The molecule has 0 saturated carbocycles. The quantitative estimate of drug-likeness (QED) is 0.852. The summed E-state index contributed by atoms with van der Waals surface area (Å²) in [7, 11) is -1.51. The molecule has 0 aliphatic carbocycles. The van der Waals surface area contributed by atoms with Crippen molar-refractivity contribution in [1.82, 2.24) is 4.31 Å². The van der Waals surface area contributed by atoms with Gasteiger partial charge in [-0.1, -0.05) is 19.1 Å². The zero-order valence-electron chi connectivity index (χ0n) is 11.5. The Morgan fingerprint density at radius 2 is 2.00 bits per heavy atom. The number of benzene rings is 1.